The van der Waals surface area contributed by atoms with Gasteiger partial charge >= 0.3 is 0 Å². The van der Waals surface area contributed by atoms with Crippen LogP contribution in [0.25, 0.3) is 0 Å². The molecule has 3 nitrogen and oxygen atoms in total. The summed E-state index contributed by atoms with van der Waals surface area (Å²) in [6.07, 6.45) is 3.60. The van der Waals surface area contributed by atoms with Crippen molar-refractivity contribution in [2.75, 3.05) is 26.2 Å². The van der Waals surface area contributed by atoms with E-state index in [4.69, 9.17) is 22.7 Å². The Balaban J connectivity index is 1.93. The lowest BCUT2D eigenvalue weighted by Gasteiger charge is -2.26. The number of hydrogen-bond donors (Lipinski definition) is 1. The standard InChI is InChI=1S/C14H18F2N2OS/c15-11-8-10(14(17)20)9-12(16)13(11)19-7-6-18-4-2-1-3-5-18/h8-9H,1-7H2,(H2,17,20). The third-order valence-electron chi connectivity index (χ3n) is 3.39. The molecule has 2 rings (SSSR count). The van der Waals surface area contributed by atoms with E-state index >= 15 is 0 Å². The summed E-state index contributed by atoms with van der Waals surface area (Å²) < 4.78 is 32.7. The maximum Gasteiger partial charge on any atom is 0.190 e. The van der Waals surface area contributed by atoms with Crippen LogP contribution in [0.1, 0.15) is 24.8 Å². The van der Waals surface area contributed by atoms with Gasteiger partial charge in [0.1, 0.15) is 11.6 Å². The molecule has 0 amide bonds. The molecule has 0 bridgehead atoms. The smallest absolute Gasteiger partial charge is 0.190 e. The number of benzene rings is 1. The van der Waals surface area contributed by atoms with Gasteiger partial charge in [0, 0.05) is 12.1 Å². The van der Waals surface area contributed by atoms with E-state index in [2.05, 4.69) is 4.90 Å². The van der Waals surface area contributed by atoms with Crippen molar-refractivity contribution in [2.24, 2.45) is 5.73 Å². The lowest BCUT2D eigenvalue weighted by Crippen LogP contribution is -2.33. The molecule has 0 saturated carbocycles. The van der Waals surface area contributed by atoms with Crippen LogP contribution in [-0.4, -0.2) is 36.1 Å². The fraction of sp³-hybridized carbons (Fsp3) is 0.500. The third kappa shape index (κ3) is 3.86. The zero-order chi connectivity index (χ0) is 14.5. The molecule has 1 aliphatic rings. The summed E-state index contributed by atoms with van der Waals surface area (Å²) in [4.78, 5) is 2.20. The molecule has 0 aromatic heterocycles. The second kappa shape index (κ2) is 6.95. The van der Waals surface area contributed by atoms with Crippen molar-refractivity contribution in [2.45, 2.75) is 19.3 Å². The van der Waals surface area contributed by atoms with E-state index < -0.39 is 11.6 Å². The van der Waals surface area contributed by atoms with E-state index in [-0.39, 0.29) is 22.9 Å². The number of hydrogen-bond acceptors (Lipinski definition) is 3. The topological polar surface area (TPSA) is 38.5 Å². The molecule has 6 heteroatoms. The van der Waals surface area contributed by atoms with Crippen molar-refractivity contribution in [3.8, 4) is 5.75 Å². The van der Waals surface area contributed by atoms with E-state index in [0.717, 1.165) is 25.2 Å². The maximum absolute atomic E-state index is 13.7. The highest BCUT2D eigenvalue weighted by Crippen LogP contribution is 2.23. The SMILES string of the molecule is NC(=S)c1cc(F)c(OCCN2CCCCC2)c(F)c1. The number of ether oxygens (including phenoxy) is 1. The summed E-state index contributed by atoms with van der Waals surface area (Å²) in [5.41, 5.74) is 5.52. The first-order valence-electron chi connectivity index (χ1n) is 6.72. The third-order valence-corrected chi connectivity index (χ3v) is 3.62. The Bertz CT molecular complexity index is 467. The van der Waals surface area contributed by atoms with E-state index in [0.29, 0.717) is 6.54 Å². The fourth-order valence-corrected chi connectivity index (χ4v) is 2.42. The minimum absolute atomic E-state index is 0.0392. The molecule has 0 unspecified atom stereocenters. The molecular formula is C14H18F2N2OS. The van der Waals surface area contributed by atoms with Crippen molar-refractivity contribution >= 4 is 17.2 Å². The molecule has 1 fully saturated rings. The van der Waals surface area contributed by atoms with Crippen LogP contribution in [0.3, 0.4) is 0 Å². The molecule has 0 spiro atoms. The van der Waals surface area contributed by atoms with E-state index in [1.807, 2.05) is 0 Å². The second-order valence-electron chi connectivity index (χ2n) is 4.88. The van der Waals surface area contributed by atoms with Crippen LogP contribution < -0.4 is 10.5 Å². The monoisotopic (exact) mass is 300 g/mol. The number of nitrogens with two attached hydrogens (primary N) is 1. The Labute approximate surface area is 122 Å². The Morgan fingerprint density at radius 2 is 1.80 bits per heavy atom. The Kier molecular flexibility index (Phi) is 5.25. The summed E-state index contributed by atoms with van der Waals surface area (Å²) in [5, 5.41) is 0. The van der Waals surface area contributed by atoms with E-state index in [1.54, 1.807) is 0 Å². The van der Waals surface area contributed by atoms with Crippen LogP contribution in [0.15, 0.2) is 12.1 Å². The van der Waals surface area contributed by atoms with Crippen molar-refractivity contribution in [3.63, 3.8) is 0 Å². The van der Waals surface area contributed by atoms with Gasteiger partial charge in [-0.2, -0.15) is 0 Å². The zero-order valence-corrected chi connectivity index (χ0v) is 12.0. The number of thiocarbonyl (C=S) groups is 1. The first-order valence-corrected chi connectivity index (χ1v) is 7.13. The maximum atomic E-state index is 13.7. The van der Waals surface area contributed by atoms with Crippen LogP contribution in [0, 0.1) is 11.6 Å². The molecule has 20 heavy (non-hydrogen) atoms. The minimum atomic E-state index is -0.772. The van der Waals surface area contributed by atoms with Crippen LogP contribution in [-0.2, 0) is 0 Å². The van der Waals surface area contributed by atoms with Gasteiger partial charge in [-0.3, -0.25) is 4.90 Å². The number of piperidine rings is 1. The quantitative estimate of drug-likeness (QED) is 0.848. The van der Waals surface area contributed by atoms with Gasteiger partial charge in [-0.05, 0) is 38.1 Å². The average Bonchev–Trinajstić information content (AvgIpc) is 2.42. The molecule has 1 saturated heterocycles. The highest BCUT2D eigenvalue weighted by atomic mass is 32.1. The molecule has 1 aromatic rings. The predicted molar refractivity (Wildman–Crippen MR) is 78.0 cm³/mol. The van der Waals surface area contributed by atoms with Gasteiger partial charge in [-0.25, -0.2) is 8.78 Å². The lowest BCUT2D eigenvalue weighted by molar-refractivity contribution is 0.177. The number of likely N-dealkylation sites (tertiary alicyclic amines) is 1. The highest BCUT2D eigenvalue weighted by Gasteiger charge is 2.15. The summed E-state index contributed by atoms with van der Waals surface area (Å²) in [6.45, 7) is 2.99. The minimum Gasteiger partial charge on any atom is -0.486 e. The van der Waals surface area contributed by atoms with Crippen molar-refractivity contribution in [1.29, 1.82) is 0 Å². The zero-order valence-electron chi connectivity index (χ0n) is 11.2. The molecule has 1 aliphatic heterocycles. The number of halogens is 2. The summed E-state index contributed by atoms with van der Waals surface area (Å²) >= 11 is 4.69. The van der Waals surface area contributed by atoms with Gasteiger partial charge in [0.2, 0.25) is 0 Å². The molecule has 0 aliphatic carbocycles. The van der Waals surface area contributed by atoms with Crippen molar-refractivity contribution in [1.82, 2.24) is 4.90 Å². The van der Waals surface area contributed by atoms with Crippen molar-refractivity contribution < 1.29 is 13.5 Å². The largest absolute Gasteiger partial charge is 0.486 e. The fourth-order valence-electron chi connectivity index (χ4n) is 2.30. The van der Waals surface area contributed by atoms with Gasteiger partial charge in [-0.15, -0.1) is 0 Å². The molecule has 0 radical (unpaired) electrons. The van der Waals surface area contributed by atoms with Crippen LogP contribution in [0.5, 0.6) is 5.75 Å². The van der Waals surface area contributed by atoms with Gasteiger partial charge in [-0.1, -0.05) is 18.6 Å². The van der Waals surface area contributed by atoms with Crippen LogP contribution in [0.4, 0.5) is 8.78 Å². The Hall–Kier alpha value is -1.27. The van der Waals surface area contributed by atoms with Crippen molar-refractivity contribution in [3.05, 3.63) is 29.3 Å². The molecule has 1 heterocycles. The first-order chi connectivity index (χ1) is 9.58. The molecule has 0 atom stereocenters. The van der Waals surface area contributed by atoms with Gasteiger partial charge in [0.05, 0.1) is 0 Å². The number of nitrogens with zero attached hydrogens (tertiary/aromatic N) is 1. The lowest BCUT2D eigenvalue weighted by atomic mass is 10.1. The highest BCUT2D eigenvalue weighted by molar-refractivity contribution is 7.80. The Morgan fingerprint density at radius 1 is 1.20 bits per heavy atom. The van der Waals surface area contributed by atoms with E-state index in [9.17, 15) is 8.78 Å². The van der Waals surface area contributed by atoms with E-state index in [1.165, 1.54) is 19.3 Å². The summed E-state index contributed by atoms with van der Waals surface area (Å²) in [7, 11) is 0. The molecule has 1 aromatic carbocycles. The average molecular weight is 300 g/mol. The van der Waals surface area contributed by atoms with Gasteiger partial charge in [0.25, 0.3) is 0 Å². The van der Waals surface area contributed by atoms with Crippen LogP contribution >= 0.6 is 12.2 Å². The van der Waals surface area contributed by atoms with Gasteiger partial charge < -0.3 is 10.5 Å². The second-order valence-corrected chi connectivity index (χ2v) is 5.32. The summed E-state index contributed by atoms with van der Waals surface area (Å²) in [5.74, 6) is -1.90. The molecule has 110 valence electrons. The summed E-state index contributed by atoms with van der Waals surface area (Å²) in [6, 6.07) is 2.20. The predicted octanol–water partition coefficient (Wildman–Crippen LogP) is 2.46. The first kappa shape index (κ1) is 15.1. The molecule has 2 N–H and O–H groups in total. The molecular weight excluding hydrogens is 282 g/mol. The number of rotatable bonds is 5. The van der Waals surface area contributed by atoms with Gasteiger partial charge in [0.15, 0.2) is 17.4 Å². The normalized spacial score (nSPS) is 16.1. The Morgan fingerprint density at radius 3 is 2.35 bits per heavy atom. The van der Waals surface area contributed by atoms with Crippen LogP contribution in [0.2, 0.25) is 0 Å².